The van der Waals surface area contributed by atoms with Crippen molar-refractivity contribution in [2.75, 3.05) is 4.90 Å². The van der Waals surface area contributed by atoms with Gasteiger partial charge in [-0.3, -0.25) is 19.8 Å². The molecule has 0 aliphatic carbocycles. The van der Waals surface area contributed by atoms with Crippen LogP contribution in [-0.4, -0.2) is 21.9 Å². The summed E-state index contributed by atoms with van der Waals surface area (Å²) in [5, 5.41) is 7.90. The molecule has 0 spiro atoms. The van der Waals surface area contributed by atoms with Crippen LogP contribution in [0.25, 0.3) is 6.08 Å². The van der Waals surface area contributed by atoms with Gasteiger partial charge in [-0.05, 0) is 43.3 Å². The first-order valence-corrected chi connectivity index (χ1v) is 8.82. The minimum atomic E-state index is -0.294. The largest absolute Gasteiger partial charge is 0.328 e. The maximum absolute atomic E-state index is 12.3. The number of anilines is 2. The fourth-order valence-corrected chi connectivity index (χ4v) is 3.65. The molecule has 3 rings (SSSR count). The van der Waals surface area contributed by atoms with E-state index in [9.17, 15) is 9.59 Å². The number of nitrogens with one attached hydrogen (secondary N) is 2. The van der Waals surface area contributed by atoms with Crippen molar-refractivity contribution in [1.82, 2.24) is 15.6 Å². The molecule has 0 radical (unpaired) electrons. The summed E-state index contributed by atoms with van der Waals surface area (Å²) in [5.41, 5.74) is 3.74. The van der Waals surface area contributed by atoms with Gasteiger partial charge in [-0.1, -0.05) is 18.2 Å². The van der Waals surface area contributed by atoms with Crippen molar-refractivity contribution in [3.05, 3.63) is 46.1 Å². The van der Waals surface area contributed by atoms with Crippen LogP contribution in [0.1, 0.15) is 23.7 Å². The number of aromatic nitrogens is 1. The normalized spacial score (nSPS) is 15.2. The number of aryl methyl sites for hydroxylation is 2. The molecule has 1 fully saturated rings. The standard InChI is InChI=1S/C17H16N4O2S2/c1-9-5-4-6-10(2)14(9)21(11(3)22)17-18-12(8-25-17)7-13-15(23)20-16(24)19-13/h4-8H,1-3H3,(H2,19,20,23,24). The Labute approximate surface area is 154 Å². The van der Waals surface area contributed by atoms with E-state index in [2.05, 4.69) is 15.6 Å². The van der Waals surface area contributed by atoms with E-state index in [-0.39, 0.29) is 16.9 Å². The Morgan fingerprint density at radius 1 is 1.28 bits per heavy atom. The van der Waals surface area contributed by atoms with Gasteiger partial charge in [-0.15, -0.1) is 11.3 Å². The van der Waals surface area contributed by atoms with E-state index in [1.165, 1.54) is 18.3 Å². The number of rotatable bonds is 3. The number of hydrogen-bond donors (Lipinski definition) is 2. The van der Waals surface area contributed by atoms with Gasteiger partial charge in [-0.25, -0.2) is 4.98 Å². The molecule has 2 N–H and O–H groups in total. The predicted octanol–water partition coefficient (Wildman–Crippen LogP) is 2.79. The second-order valence-corrected chi connectivity index (χ2v) is 6.86. The lowest BCUT2D eigenvalue weighted by molar-refractivity contribution is -0.116. The number of amides is 2. The van der Waals surface area contributed by atoms with Crippen LogP contribution in [0.4, 0.5) is 10.8 Å². The summed E-state index contributed by atoms with van der Waals surface area (Å²) in [6.45, 7) is 5.43. The van der Waals surface area contributed by atoms with Crippen molar-refractivity contribution < 1.29 is 9.59 Å². The second kappa shape index (κ2) is 6.73. The molecule has 128 valence electrons. The fraction of sp³-hybridized carbons (Fsp3) is 0.176. The van der Waals surface area contributed by atoms with Crippen LogP contribution in [-0.2, 0) is 9.59 Å². The molecule has 25 heavy (non-hydrogen) atoms. The third-order valence-electron chi connectivity index (χ3n) is 3.69. The van der Waals surface area contributed by atoms with Crippen LogP contribution >= 0.6 is 23.6 Å². The Hall–Kier alpha value is -2.58. The summed E-state index contributed by atoms with van der Waals surface area (Å²) in [4.78, 5) is 30.1. The van der Waals surface area contributed by atoms with Gasteiger partial charge in [0.05, 0.1) is 11.4 Å². The molecule has 8 heteroatoms. The van der Waals surface area contributed by atoms with Crippen molar-refractivity contribution in [3.8, 4) is 0 Å². The monoisotopic (exact) mass is 372 g/mol. The van der Waals surface area contributed by atoms with Crippen molar-refractivity contribution in [3.63, 3.8) is 0 Å². The summed E-state index contributed by atoms with van der Waals surface area (Å²) in [6.07, 6.45) is 1.61. The Morgan fingerprint density at radius 3 is 2.52 bits per heavy atom. The first kappa shape index (κ1) is 17.2. The van der Waals surface area contributed by atoms with Gasteiger partial charge in [0.2, 0.25) is 5.91 Å². The average molecular weight is 372 g/mol. The van der Waals surface area contributed by atoms with Gasteiger partial charge in [0.15, 0.2) is 10.2 Å². The summed E-state index contributed by atoms with van der Waals surface area (Å²) < 4.78 is 0. The molecule has 1 aromatic carbocycles. The lowest BCUT2D eigenvalue weighted by Gasteiger charge is -2.22. The third-order valence-corrected chi connectivity index (χ3v) is 4.74. The average Bonchev–Trinajstić information content (AvgIpc) is 3.10. The van der Waals surface area contributed by atoms with Crippen LogP contribution in [0.15, 0.2) is 29.3 Å². The van der Waals surface area contributed by atoms with Crippen molar-refractivity contribution in [1.29, 1.82) is 0 Å². The van der Waals surface area contributed by atoms with Gasteiger partial charge >= 0.3 is 0 Å². The van der Waals surface area contributed by atoms with Gasteiger partial charge in [-0.2, -0.15) is 0 Å². The van der Waals surface area contributed by atoms with Crippen molar-refractivity contribution in [2.24, 2.45) is 0 Å². The number of carbonyl (C=O) groups is 2. The van der Waals surface area contributed by atoms with Crippen molar-refractivity contribution >= 4 is 57.4 Å². The minimum absolute atomic E-state index is 0.121. The Balaban J connectivity index is 1.99. The molecule has 2 heterocycles. The minimum Gasteiger partial charge on any atom is -0.328 e. The highest BCUT2D eigenvalue weighted by atomic mass is 32.1. The summed E-state index contributed by atoms with van der Waals surface area (Å²) >= 11 is 6.25. The SMILES string of the molecule is CC(=O)N(c1nc(C=C2NC(=S)NC2=O)cs1)c1c(C)cccc1C. The molecule has 0 atom stereocenters. The van der Waals surface area contributed by atoms with Crippen LogP contribution < -0.4 is 15.5 Å². The van der Waals surface area contributed by atoms with Crippen LogP contribution in [0.3, 0.4) is 0 Å². The molecule has 0 saturated carbocycles. The first-order valence-electron chi connectivity index (χ1n) is 7.53. The topological polar surface area (TPSA) is 74.3 Å². The Kier molecular flexibility index (Phi) is 4.65. The third kappa shape index (κ3) is 3.45. The van der Waals surface area contributed by atoms with E-state index in [1.54, 1.807) is 16.4 Å². The molecule has 2 aromatic rings. The van der Waals surface area contributed by atoms with Crippen LogP contribution in [0, 0.1) is 13.8 Å². The summed E-state index contributed by atoms with van der Waals surface area (Å²) in [7, 11) is 0. The molecule has 2 amide bonds. The molecule has 0 bridgehead atoms. The van der Waals surface area contributed by atoms with E-state index >= 15 is 0 Å². The van der Waals surface area contributed by atoms with E-state index in [0.717, 1.165) is 16.8 Å². The van der Waals surface area contributed by atoms with Crippen LogP contribution in [0.5, 0.6) is 0 Å². The molecule has 0 unspecified atom stereocenters. The van der Waals surface area contributed by atoms with Crippen molar-refractivity contribution in [2.45, 2.75) is 20.8 Å². The number of thiazole rings is 1. The number of nitrogens with zero attached hydrogens (tertiary/aromatic N) is 2. The highest BCUT2D eigenvalue weighted by molar-refractivity contribution is 7.80. The smallest absolute Gasteiger partial charge is 0.273 e. The number of hydrogen-bond acceptors (Lipinski definition) is 5. The Bertz CT molecular complexity index is 897. The van der Waals surface area contributed by atoms with Gasteiger partial charge in [0, 0.05) is 12.3 Å². The number of thiocarbonyl (C=S) groups is 1. The van der Waals surface area contributed by atoms with Crippen LogP contribution in [0.2, 0.25) is 0 Å². The highest BCUT2D eigenvalue weighted by Crippen LogP contribution is 2.34. The lowest BCUT2D eigenvalue weighted by Crippen LogP contribution is -2.24. The fourth-order valence-electron chi connectivity index (χ4n) is 2.62. The Morgan fingerprint density at radius 2 is 1.96 bits per heavy atom. The molecular weight excluding hydrogens is 356 g/mol. The molecule has 6 nitrogen and oxygen atoms in total. The van der Waals surface area contributed by atoms with Gasteiger partial charge < -0.3 is 5.32 Å². The maximum atomic E-state index is 12.3. The lowest BCUT2D eigenvalue weighted by atomic mass is 10.1. The predicted molar refractivity (Wildman–Crippen MR) is 103 cm³/mol. The molecule has 1 aliphatic heterocycles. The first-order chi connectivity index (χ1) is 11.9. The van der Waals surface area contributed by atoms with E-state index < -0.39 is 0 Å². The zero-order chi connectivity index (χ0) is 18.1. The number of para-hydroxylation sites is 1. The quantitative estimate of drug-likeness (QED) is 0.640. The molecule has 1 aliphatic rings. The zero-order valence-corrected chi connectivity index (χ0v) is 15.5. The highest BCUT2D eigenvalue weighted by Gasteiger charge is 2.23. The molecule has 1 aromatic heterocycles. The van der Waals surface area contributed by atoms with E-state index in [4.69, 9.17) is 12.2 Å². The van der Waals surface area contributed by atoms with E-state index in [0.29, 0.717) is 16.5 Å². The van der Waals surface area contributed by atoms with Gasteiger partial charge in [0.25, 0.3) is 5.91 Å². The second-order valence-electron chi connectivity index (χ2n) is 5.62. The molecule has 1 saturated heterocycles. The summed E-state index contributed by atoms with van der Waals surface area (Å²) in [5.74, 6) is -0.415. The summed E-state index contributed by atoms with van der Waals surface area (Å²) in [6, 6.07) is 5.88. The van der Waals surface area contributed by atoms with Gasteiger partial charge in [0.1, 0.15) is 5.70 Å². The maximum Gasteiger partial charge on any atom is 0.273 e. The van der Waals surface area contributed by atoms with E-state index in [1.807, 2.05) is 32.0 Å². The number of benzene rings is 1. The number of carbonyl (C=O) groups excluding carboxylic acids is 2. The molecular formula is C17H16N4O2S2. The zero-order valence-electron chi connectivity index (χ0n) is 13.9.